The summed E-state index contributed by atoms with van der Waals surface area (Å²) in [5.74, 6) is -0.459. The zero-order valence-corrected chi connectivity index (χ0v) is 9.42. The lowest BCUT2D eigenvalue weighted by molar-refractivity contribution is 0.0953. The van der Waals surface area contributed by atoms with Gasteiger partial charge in [0.2, 0.25) is 0 Å². The second-order valence-corrected chi connectivity index (χ2v) is 3.72. The fourth-order valence-electron chi connectivity index (χ4n) is 1.36. The van der Waals surface area contributed by atoms with Crippen molar-refractivity contribution in [3.05, 3.63) is 35.1 Å². The van der Waals surface area contributed by atoms with Gasteiger partial charge in [-0.05, 0) is 50.1 Å². The molecule has 0 aliphatic rings. The van der Waals surface area contributed by atoms with Gasteiger partial charge in [0.1, 0.15) is 5.82 Å². The largest absolute Gasteiger partial charge is 0.352 e. The minimum absolute atomic E-state index is 0.167. The van der Waals surface area contributed by atoms with Crippen LogP contribution in [0.3, 0.4) is 0 Å². The van der Waals surface area contributed by atoms with Gasteiger partial charge in [-0.1, -0.05) is 0 Å². The maximum Gasteiger partial charge on any atom is 0.251 e. The number of amides is 1. The van der Waals surface area contributed by atoms with E-state index >= 15 is 0 Å². The third-order valence-corrected chi connectivity index (χ3v) is 2.34. The molecule has 0 bridgehead atoms. The Hall–Kier alpha value is -1.42. The Morgan fingerprint density at radius 3 is 2.81 bits per heavy atom. The second kappa shape index (κ2) is 6.23. The highest BCUT2D eigenvalue weighted by atomic mass is 19.1. The third-order valence-electron chi connectivity index (χ3n) is 2.34. The molecular formula is C12H17FN2O. The van der Waals surface area contributed by atoms with Crippen LogP contribution in [-0.2, 0) is 0 Å². The van der Waals surface area contributed by atoms with E-state index in [-0.39, 0.29) is 11.7 Å². The quantitative estimate of drug-likeness (QED) is 0.746. The monoisotopic (exact) mass is 224 g/mol. The molecule has 1 aromatic carbocycles. The van der Waals surface area contributed by atoms with Gasteiger partial charge < -0.3 is 11.1 Å². The lowest BCUT2D eigenvalue weighted by atomic mass is 10.1. The average Bonchev–Trinajstić information content (AvgIpc) is 2.28. The summed E-state index contributed by atoms with van der Waals surface area (Å²) in [7, 11) is 0. The van der Waals surface area contributed by atoms with Crippen LogP contribution in [0.4, 0.5) is 4.39 Å². The molecule has 0 aliphatic heterocycles. The molecule has 0 heterocycles. The fourth-order valence-corrected chi connectivity index (χ4v) is 1.36. The summed E-state index contributed by atoms with van der Waals surface area (Å²) in [4.78, 5) is 11.6. The van der Waals surface area contributed by atoms with Crippen molar-refractivity contribution in [1.82, 2.24) is 5.32 Å². The Labute approximate surface area is 94.8 Å². The number of benzene rings is 1. The molecular weight excluding hydrogens is 207 g/mol. The van der Waals surface area contributed by atoms with Crippen molar-refractivity contribution in [2.75, 3.05) is 13.1 Å². The fraction of sp³-hybridized carbons (Fsp3) is 0.417. The Bertz CT molecular complexity index is 366. The van der Waals surface area contributed by atoms with Crippen LogP contribution in [0.5, 0.6) is 0 Å². The average molecular weight is 224 g/mol. The molecule has 1 amide bonds. The number of aryl methyl sites for hydroxylation is 1. The molecule has 0 atom stereocenters. The molecule has 3 nitrogen and oxygen atoms in total. The van der Waals surface area contributed by atoms with E-state index in [1.807, 2.05) is 0 Å². The predicted octanol–water partition coefficient (Wildman–Crippen LogP) is 1.60. The lowest BCUT2D eigenvalue weighted by Gasteiger charge is -2.05. The van der Waals surface area contributed by atoms with Crippen LogP contribution < -0.4 is 11.1 Å². The van der Waals surface area contributed by atoms with Crippen LogP contribution in [0.15, 0.2) is 18.2 Å². The van der Waals surface area contributed by atoms with Crippen molar-refractivity contribution in [3.63, 3.8) is 0 Å². The third kappa shape index (κ3) is 3.62. The first-order valence-electron chi connectivity index (χ1n) is 5.39. The lowest BCUT2D eigenvalue weighted by Crippen LogP contribution is -2.25. The van der Waals surface area contributed by atoms with E-state index < -0.39 is 0 Å². The van der Waals surface area contributed by atoms with Crippen molar-refractivity contribution in [2.45, 2.75) is 19.8 Å². The van der Waals surface area contributed by atoms with Crippen molar-refractivity contribution >= 4 is 5.91 Å². The molecule has 16 heavy (non-hydrogen) atoms. The molecule has 0 fully saturated rings. The summed E-state index contributed by atoms with van der Waals surface area (Å²) in [6.45, 7) is 2.87. The predicted molar refractivity (Wildman–Crippen MR) is 61.8 cm³/mol. The van der Waals surface area contributed by atoms with Crippen LogP contribution in [0, 0.1) is 12.7 Å². The number of nitrogens with two attached hydrogens (primary N) is 1. The van der Waals surface area contributed by atoms with Crippen LogP contribution in [0.2, 0.25) is 0 Å². The summed E-state index contributed by atoms with van der Waals surface area (Å²) >= 11 is 0. The molecule has 3 N–H and O–H groups in total. The smallest absolute Gasteiger partial charge is 0.251 e. The molecule has 0 radical (unpaired) electrons. The maximum atomic E-state index is 13.0. The summed E-state index contributed by atoms with van der Waals surface area (Å²) in [5.41, 5.74) is 6.31. The Morgan fingerprint density at radius 1 is 1.44 bits per heavy atom. The maximum absolute atomic E-state index is 13.0. The number of nitrogens with one attached hydrogen (secondary N) is 1. The number of hydrogen-bond donors (Lipinski definition) is 2. The molecule has 1 aromatic rings. The molecule has 0 unspecified atom stereocenters. The molecule has 0 aromatic heterocycles. The number of hydrogen-bond acceptors (Lipinski definition) is 2. The van der Waals surface area contributed by atoms with E-state index in [2.05, 4.69) is 5.32 Å². The minimum Gasteiger partial charge on any atom is -0.352 e. The van der Waals surface area contributed by atoms with Crippen LogP contribution >= 0.6 is 0 Å². The van der Waals surface area contributed by atoms with Crippen molar-refractivity contribution in [2.24, 2.45) is 5.73 Å². The van der Waals surface area contributed by atoms with Gasteiger partial charge in [0.15, 0.2) is 0 Å². The van der Waals surface area contributed by atoms with Gasteiger partial charge in [-0.3, -0.25) is 4.79 Å². The number of rotatable bonds is 5. The summed E-state index contributed by atoms with van der Waals surface area (Å²) < 4.78 is 13.0. The molecule has 0 spiro atoms. The van der Waals surface area contributed by atoms with E-state index in [1.165, 1.54) is 12.1 Å². The normalized spacial score (nSPS) is 10.2. The molecule has 0 saturated heterocycles. The van der Waals surface area contributed by atoms with Gasteiger partial charge in [0.05, 0.1) is 0 Å². The number of carbonyl (C=O) groups excluding carboxylic acids is 1. The minimum atomic E-state index is -0.292. The first-order chi connectivity index (χ1) is 7.65. The zero-order chi connectivity index (χ0) is 12.0. The van der Waals surface area contributed by atoms with E-state index in [0.29, 0.717) is 24.2 Å². The SMILES string of the molecule is Cc1cc(C(=O)NCCCCN)ccc1F. The molecule has 0 aliphatic carbocycles. The Morgan fingerprint density at radius 2 is 2.19 bits per heavy atom. The highest BCUT2D eigenvalue weighted by Crippen LogP contribution is 2.08. The zero-order valence-electron chi connectivity index (χ0n) is 9.42. The van der Waals surface area contributed by atoms with Gasteiger partial charge in [-0.2, -0.15) is 0 Å². The summed E-state index contributed by atoms with van der Waals surface area (Å²) in [5, 5.41) is 2.76. The van der Waals surface area contributed by atoms with Gasteiger partial charge in [0.25, 0.3) is 5.91 Å². The number of carbonyl (C=O) groups is 1. The van der Waals surface area contributed by atoms with E-state index in [1.54, 1.807) is 13.0 Å². The van der Waals surface area contributed by atoms with Gasteiger partial charge >= 0.3 is 0 Å². The van der Waals surface area contributed by atoms with Crippen molar-refractivity contribution in [3.8, 4) is 0 Å². The topological polar surface area (TPSA) is 55.1 Å². The highest BCUT2D eigenvalue weighted by Gasteiger charge is 2.06. The first-order valence-corrected chi connectivity index (χ1v) is 5.39. The second-order valence-electron chi connectivity index (χ2n) is 3.72. The Kier molecular flexibility index (Phi) is 4.92. The van der Waals surface area contributed by atoms with Crippen LogP contribution in [0.1, 0.15) is 28.8 Å². The van der Waals surface area contributed by atoms with Crippen LogP contribution in [0.25, 0.3) is 0 Å². The first kappa shape index (κ1) is 12.6. The Balaban J connectivity index is 2.50. The standard InChI is InChI=1S/C12H17FN2O/c1-9-8-10(4-5-11(9)13)12(16)15-7-3-2-6-14/h4-5,8H,2-3,6-7,14H2,1H3,(H,15,16). The molecule has 0 saturated carbocycles. The molecule has 4 heteroatoms. The van der Waals surface area contributed by atoms with Crippen LogP contribution in [-0.4, -0.2) is 19.0 Å². The van der Waals surface area contributed by atoms with E-state index in [9.17, 15) is 9.18 Å². The van der Waals surface area contributed by atoms with E-state index in [0.717, 1.165) is 12.8 Å². The van der Waals surface area contributed by atoms with Gasteiger partial charge in [-0.15, -0.1) is 0 Å². The number of unbranched alkanes of at least 4 members (excludes halogenated alkanes) is 1. The molecule has 88 valence electrons. The number of halogens is 1. The van der Waals surface area contributed by atoms with Gasteiger partial charge in [-0.25, -0.2) is 4.39 Å². The van der Waals surface area contributed by atoms with Gasteiger partial charge in [0, 0.05) is 12.1 Å². The van der Waals surface area contributed by atoms with Crippen molar-refractivity contribution < 1.29 is 9.18 Å². The van der Waals surface area contributed by atoms with E-state index in [4.69, 9.17) is 5.73 Å². The molecule has 1 rings (SSSR count). The summed E-state index contributed by atoms with van der Waals surface area (Å²) in [6, 6.07) is 4.35. The van der Waals surface area contributed by atoms with Crippen molar-refractivity contribution in [1.29, 1.82) is 0 Å². The highest BCUT2D eigenvalue weighted by molar-refractivity contribution is 5.94. The summed E-state index contributed by atoms with van der Waals surface area (Å²) in [6.07, 6.45) is 1.76.